The highest BCUT2D eigenvalue weighted by Crippen LogP contribution is 2.28. The molecule has 2 saturated heterocycles. The molecule has 0 radical (unpaired) electrons. The molecule has 2 aromatic rings. The number of nitrogens with zero attached hydrogens (tertiary/aromatic N) is 3. The first-order valence-corrected chi connectivity index (χ1v) is 12.5. The maximum atomic E-state index is 13.5. The maximum Gasteiger partial charge on any atom is 0.244 e. The molecule has 4 rings (SSSR count). The number of carbonyl (C=O) groups excluding carboxylic acids is 1. The second-order valence-corrected chi connectivity index (χ2v) is 10.4. The highest BCUT2D eigenvalue weighted by Gasteiger charge is 2.36. The Morgan fingerprint density at radius 3 is 2.22 bits per heavy atom. The molecule has 0 spiro atoms. The lowest BCUT2D eigenvalue weighted by atomic mass is 10.0. The number of morpholine rings is 1. The molecule has 0 bridgehead atoms. The van der Waals surface area contributed by atoms with E-state index in [0.29, 0.717) is 57.4 Å². The van der Waals surface area contributed by atoms with Crippen LogP contribution in [0.15, 0.2) is 53.4 Å². The molecule has 2 aromatic carbocycles. The monoisotopic (exact) mass is 457 g/mol. The number of rotatable bonds is 5. The molecule has 2 aliphatic heterocycles. The highest BCUT2D eigenvalue weighted by molar-refractivity contribution is 7.89. The Bertz CT molecular complexity index is 1040. The van der Waals surface area contributed by atoms with Crippen molar-refractivity contribution in [3.63, 3.8) is 0 Å². The van der Waals surface area contributed by atoms with Crippen LogP contribution in [0.4, 0.5) is 0 Å². The summed E-state index contributed by atoms with van der Waals surface area (Å²) in [7, 11) is -3.57. The Morgan fingerprint density at radius 1 is 0.906 bits per heavy atom. The van der Waals surface area contributed by atoms with E-state index in [1.54, 1.807) is 10.4 Å². The quantitative estimate of drug-likeness (QED) is 0.689. The molecule has 2 aliphatic rings. The van der Waals surface area contributed by atoms with Crippen LogP contribution in [0.1, 0.15) is 22.7 Å². The van der Waals surface area contributed by atoms with Crippen LogP contribution in [-0.2, 0) is 19.6 Å². The number of benzene rings is 2. The number of piperazine rings is 1. The average Bonchev–Trinajstić information content (AvgIpc) is 2.82. The van der Waals surface area contributed by atoms with Gasteiger partial charge >= 0.3 is 0 Å². The van der Waals surface area contributed by atoms with Crippen LogP contribution < -0.4 is 0 Å². The van der Waals surface area contributed by atoms with Gasteiger partial charge in [-0.15, -0.1) is 0 Å². The first-order valence-electron chi connectivity index (χ1n) is 11.1. The van der Waals surface area contributed by atoms with Crippen molar-refractivity contribution < 1.29 is 17.9 Å². The van der Waals surface area contributed by atoms with Gasteiger partial charge in [0.15, 0.2) is 0 Å². The summed E-state index contributed by atoms with van der Waals surface area (Å²) < 4.78 is 33.6. The molecule has 8 heteroatoms. The van der Waals surface area contributed by atoms with Gasteiger partial charge in [0.1, 0.15) is 6.04 Å². The SMILES string of the molecule is Cc1ccc(C)c(S(=O)(=O)N2CCN(C(C(=O)N3CCOCC3)c3ccccc3)CC2)c1. The first-order chi connectivity index (χ1) is 15.4. The van der Waals surface area contributed by atoms with Crippen molar-refractivity contribution >= 4 is 15.9 Å². The van der Waals surface area contributed by atoms with Gasteiger partial charge in [-0.05, 0) is 36.6 Å². The van der Waals surface area contributed by atoms with Crippen LogP contribution in [0.2, 0.25) is 0 Å². The van der Waals surface area contributed by atoms with E-state index in [0.717, 1.165) is 16.7 Å². The van der Waals surface area contributed by atoms with Crippen LogP contribution in [0.25, 0.3) is 0 Å². The lowest BCUT2D eigenvalue weighted by Gasteiger charge is -2.40. The minimum absolute atomic E-state index is 0.0605. The zero-order chi connectivity index (χ0) is 22.7. The highest BCUT2D eigenvalue weighted by atomic mass is 32.2. The Morgan fingerprint density at radius 2 is 1.56 bits per heavy atom. The van der Waals surface area contributed by atoms with Gasteiger partial charge in [-0.3, -0.25) is 9.69 Å². The molecule has 2 fully saturated rings. The molecule has 1 amide bonds. The van der Waals surface area contributed by atoms with E-state index < -0.39 is 16.1 Å². The molecule has 0 saturated carbocycles. The summed E-state index contributed by atoms with van der Waals surface area (Å²) in [5, 5.41) is 0. The summed E-state index contributed by atoms with van der Waals surface area (Å²) in [5.41, 5.74) is 2.62. The number of carbonyl (C=O) groups is 1. The summed E-state index contributed by atoms with van der Waals surface area (Å²) in [6.07, 6.45) is 0. The van der Waals surface area contributed by atoms with Crippen LogP contribution in [0, 0.1) is 13.8 Å². The number of hydrogen-bond donors (Lipinski definition) is 0. The van der Waals surface area contributed by atoms with Crippen molar-refractivity contribution in [2.45, 2.75) is 24.8 Å². The fraction of sp³-hybridized carbons (Fsp3) is 0.458. The van der Waals surface area contributed by atoms with Crippen molar-refractivity contribution in [1.82, 2.24) is 14.1 Å². The first kappa shape index (κ1) is 22.9. The van der Waals surface area contributed by atoms with E-state index in [1.165, 1.54) is 0 Å². The Hall–Kier alpha value is -2.26. The molecule has 172 valence electrons. The van der Waals surface area contributed by atoms with E-state index in [9.17, 15) is 13.2 Å². The fourth-order valence-corrected chi connectivity index (χ4v) is 6.16. The van der Waals surface area contributed by atoms with Crippen molar-refractivity contribution in [1.29, 1.82) is 0 Å². The van der Waals surface area contributed by atoms with Gasteiger partial charge in [-0.1, -0.05) is 42.5 Å². The number of amides is 1. The van der Waals surface area contributed by atoms with Crippen LogP contribution >= 0.6 is 0 Å². The zero-order valence-electron chi connectivity index (χ0n) is 18.7. The van der Waals surface area contributed by atoms with Gasteiger partial charge in [-0.2, -0.15) is 4.31 Å². The van der Waals surface area contributed by atoms with Gasteiger partial charge in [0.2, 0.25) is 15.9 Å². The van der Waals surface area contributed by atoms with Crippen molar-refractivity contribution in [2.75, 3.05) is 52.5 Å². The normalized spacial score (nSPS) is 19.6. The van der Waals surface area contributed by atoms with Crippen LogP contribution in [0.5, 0.6) is 0 Å². The third-order valence-corrected chi connectivity index (χ3v) is 8.31. The van der Waals surface area contributed by atoms with E-state index >= 15 is 0 Å². The Balaban J connectivity index is 1.53. The number of aryl methyl sites for hydroxylation is 2. The lowest BCUT2D eigenvalue weighted by molar-refractivity contribution is -0.142. The van der Waals surface area contributed by atoms with Gasteiger partial charge in [0.25, 0.3) is 0 Å². The van der Waals surface area contributed by atoms with Gasteiger partial charge in [0, 0.05) is 39.3 Å². The third-order valence-electron chi connectivity index (χ3n) is 6.27. The smallest absolute Gasteiger partial charge is 0.244 e. The third kappa shape index (κ3) is 4.73. The Labute approximate surface area is 190 Å². The topological polar surface area (TPSA) is 70.2 Å². The number of ether oxygens (including phenoxy) is 1. The minimum atomic E-state index is -3.57. The summed E-state index contributed by atoms with van der Waals surface area (Å²) >= 11 is 0. The number of sulfonamides is 1. The van der Waals surface area contributed by atoms with Crippen molar-refractivity contribution in [2.24, 2.45) is 0 Å². The molecule has 0 N–H and O–H groups in total. The second kappa shape index (κ2) is 9.70. The predicted molar refractivity (Wildman–Crippen MR) is 123 cm³/mol. The fourth-order valence-electron chi connectivity index (χ4n) is 4.43. The molecular weight excluding hydrogens is 426 g/mol. The summed E-state index contributed by atoms with van der Waals surface area (Å²) in [6, 6.07) is 14.9. The molecule has 0 aliphatic carbocycles. The average molecular weight is 458 g/mol. The van der Waals surface area contributed by atoms with E-state index in [2.05, 4.69) is 4.90 Å². The van der Waals surface area contributed by atoms with Crippen molar-refractivity contribution in [3.8, 4) is 0 Å². The molecular formula is C24H31N3O4S. The molecule has 2 heterocycles. The molecule has 7 nitrogen and oxygen atoms in total. The standard InChI is InChI=1S/C24H31N3O4S/c1-19-8-9-20(2)22(18-19)32(29,30)27-12-10-25(11-13-27)23(21-6-4-3-5-7-21)24(28)26-14-16-31-17-15-26/h3-9,18,23H,10-17H2,1-2H3. The van der Waals surface area contributed by atoms with E-state index in [-0.39, 0.29) is 5.91 Å². The Kier molecular flexibility index (Phi) is 6.95. The molecule has 1 unspecified atom stereocenters. The second-order valence-electron chi connectivity index (χ2n) is 8.46. The molecule has 0 aromatic heterocycles. The van der Waals surface area contributed by atoms with Crippen LogP contribution in [-0.4, -0.2) is 80.9 Å². The van der Waals surface area contributed by atoms with Crippen LogP contribution in [0.3, 0.4) is 0 Å². The number of hydrogen-bond acceptors (Lipinski definition) is 5. The largest absolute Gasteiger partial charge is 0.378 e. The lowest BCUT2D eigenvalue weighted by Crippen LogP contribution is -2.54. The van der Waals surface area contributed by atoms with E-state index in [1.807, 2.05) is 61.2 Å². The molecule has 32 heavy (non-hydrogen) atoms. The predicted octanol–water partition coefficient (Wildman–Crippen LogP) is 2.21. The van der Waals surface area contributed by atoms with Gasteiger partial charge < -0.3 is 9.64 Å². The summed E-state index contributed by atoms with van der Waals surface area (Å²) in [4.78, 5) is 17.8. The zero-order valence-corrected chi connectivity index (χ0v) is 19.6. The minimum Gasteiger partial charge on any atom is -0.378 e. The van der Waals surface area contributed by atoms with Gasteiger partial charge in [0.05, 0.1) is 18.1 Å². The summed E-state index contributed by atoms with van der Waals surface area (Å²) in [5.74, 6) is 0.0605. The molecule has 1 atom stereocenters. The maximum absolute atomic E-state index is 13.5. The van der Waals surface area contributed by atoms with Gasteiger partial charge in [-0.25, -0.2) is 8.42 Å². The van der Waals surface area contributed by atoms with E-state index in [4.69, 9.17) is 4.74 Å². The summed E-state index contributed by atoms with van der Waals surface area (Å²) in [6.45, 7) is 7.72. The van der Waals surface area contributed by atoms with Crippen molar-refractivity contribution in [3.05, 3.63) is 65.2 Å².